The Hall–Kier alpha value is -1.87. The summed E-state index contributed by atoms with van der Waals surface area (Å²) < 4.78 is 0. The third-order valence-electron chi connectivity index (χ3n) is 3.20. The first-order chi connectivity index (χ1) is 8.53. The fourth-order valence-corrected chi connectivity index (χ4v) is 1.67. The molecular weight excluding hydrogens is 224 g/mol. The maximum absolute atomic E-state index is 12.0. The number of carbonyl (C=O) groups is 1. The minimum absolute atomic E-state index is 0.0414. The lowest BCUT2D eigenvalue weighted by Gasteiger charge is -2.22. The first-order valence-corrected chi connectivity index (χ1v) is 6.02. The average Bonchev–Trinajstić information content (AvgIpc) is 2.38. The van der Waals surface area contributed by atoms with Crippen LogP contribution in [0.4, 0.5) is 5.69 Å². The van der Waals surface area contributed by atoms with Gasteiger partial charge in [0.05, 0.1) is 5.54 Å². The number of hydrogen-bond acceptors (Lipinski definition) is 2. The van der Waals surface area contributed by atoms with Gasteiger partial charge in [0.1, 0.15) is 0 Å². The number of carbonyl (C=O) groups excluding carboxylic acids is 1. The molecule has 1 amide bonds. The van der Waals surface area contributed by atoms with Crippen LogP contribution in [0.15, 0.2) is 42.5 Å². The van der Waals surface area contributed by atoms with Gasteiger partial charge in [0.25, 0.3) is 0 Å². The van der Waals surface area contributed by atoms with Crippen molar-refractivity contribution in [3.63, 3.8) is 0 Å². The molecule has 0 fully saturated rings. The lowest BCUT2D eigenvalue weighted by molar-refractivity contribution is -0.121. The Morgan fingerprint density at radius 3 is 2.39 bits per heavy atom. The Labute approximate surface area is 107 Å². The predicted molar refractivity (Wildman–Crippen MR) is 75.7 cm³/mol. The highest BCUT2D eigenvalue weighted by Gasteiger charge is 2.24. The van der Waals surface area contributed by atoms with Crippen molar-refractivity contribution < 1.29 is 4.79 Å². The second kappa shape index (κ2) is 4.78. The molecule has 2 aromatic carbocycles. The van der Waals surface area contributed by atoms with Gasteiger partial charge in [-0.25, -0.2) is 0 Å². The summed E-state index contributed by atoms with van der Waals surface area (Å²) in [4.78, 5) is 12.0. The second-order valence-corrected chi connectivity index (χ2v) is 4.89. The van der Waals surface area contributed by atoms with E-state index in [4.69, 9.17) is 0 Å². The van der Waals surface area contributed by atoms with E-state index in [1.165, 1.54) is 5.39 Å². The van der Waals surface area contributed by atoms with Crippen molar-refractivity contribution in [1.82, 2.24) is 5.32 Å². The van der Waals surface area contributed by atoms with Gasteiger partial charge in [0.15, 0.2) is 0 Å². The lowest BCUT2D eigenvalue weighted by Crippen LogP contribution is -2.47. The topological polar surface area (TPSA) is 41.1 Å². The van der Waals surface area contributed by atoms with Crippen LogP contribution >= 0.6 is 0 Å². The molecule has 94 valence electrons. The zero-order chi connectivity index (χ0) is 13.2. The van der Waals surface area contributed by atoms with Gasteiger partial charge in [0.2, 0.25) is 5.91 Å². The van der Waals surface area contributed by atoms with Crippen molar-refractivity contribution in [2.75, 3.05) is 12.4 Å². The number of anilines is 1. The van der Waals surface area contributed by atoms with Crippen LogP contribution in [-0.4, -0.2) is 18.5 Å². The Balaban J connectivity index is 2.25. The van der Waals surface area contributed by atoms with Crippen LogP contribution in [0.1, 0.15) is 13.8 Å². The fourth-order valence-electron chi connectivity index (χ4n) is 1.67. The van der Waals surface area contributed by atoms with E-state index in [-0.39, 0.29) is 5.91 Å². The summed E-state index contributed by atoms with van der Waals surface area (Å²) in [6.45, 7) is 3.70. The van der Waals surface area contributed by atoms with Gasteiger partial charge in [-0.2, -0.15) is 0 Å². The highest BCUT2D eigenvalue weighted by molar-refractivity contribution is 5.99. The van der Waals surface area contributed by atoms with Crippen LogP contribution in [0.2, 0.25) is 0 Å². The Kier molecular flexibility index (Phi) is 3.34. The van der Waals surface area contributed by atoms with E-state index in [0.29, 0.717) is 0 Å². The fraction of sp³-hybridized carbons (Fsp3) is 0.267. The average molecular weight is 242 g/mol. The van der Waals surface area contributed by atoms with Crippen molar-refractivity contribution in [2.45, 2.75) is 19.4 Å². The van der Waals surface area contributed by atoms with Crippen LogP contribution in [-0.2, 0) is 4.79 Å². The summed E-state index contributed by atoms with van der Waals surface area (Å²) in [5.41, 5.74) is 0.244. The third kappa shape index (κ3) is 2.51. The molecule has 0 aromatic heterocycles. The first-order valence-electron chi connectivity index (χ1n) is 6.02. The zero-order valence-corrected chi connectivity index (χ0v) is 10.9. The molecular formula is C15H18N2O. The van der Waals surface area contributed by atoms with E-state index < -0.39 is 5.54 Å². The molecule has 0 radical (unpaired) electrons. The van der Waals surface area contributed by atoms with Crippen molar-refractivity contribution in [3.8, 4) is 0 Å². The number of hydrogen-bond donors (Lipinski definition) is 2. The standard InChI is InChI=1S/C15H18N2O/c1-15(2,16-3)14(18)17-13-9-8-11-6-4-5-7-12(11)10-13/h4-10,16H,1-3H3,(H,17,18). The summed E-state index contributed by atoms with van der Waals surface area (Å²) >= 11 is 0. The number of fused-ring (bicyclic) bond motifs is 1. The number of benzene rings is 2. The predicted octanol–water partition coefficient (Wildman–Crippen LogP) is 2.78. The number of nitrogens with one attached hydrogen (secondary N) is 2. The minimum atomic E-state index is -0.578. The van der Waals surface area contributed by atoms with E-state index in [1.807, 2.05) is 50.2 Å². The quantitative estimate of drug-likeness (QED) is 0.869. The van der Waals surface area contributed by atoms with Gasteiger partial charge in [-0.3, -0.25) is 4.79 Å². The SMILES string of the molecule is CNC(C)(C)C(=O)Nc1ccc2ccccc2c1. The smallest absolute Gasteiger partial charge is 0.244 e. The first kappa shape index (κ1) is 12.6. The van der Waals surface area contributed by atoms with Gasteiger partial charge >= 0.3 is 0 Å². The van der Waals surface area contributed by atoms with Gasteiger partial charge in [0, 0.05) is 5.69 Å². The Bertz CT molecular complexity index is 575. The third-order valence-corrected chi connectivity index (χ3v) is 3.20. The second-order valence-electron chi connectivity index (χ2n) is 4.89. The molecule has 18 heavy (non-hydrogen) atoms. The van der Waals surface area contributed by atoms with E-state index >= 15 is 0 Å². The number of likely N-dealkylation sites (N-methyl/N-ethyl adjacent to an activating group) is 1. The minimum Gasteiger partial charge on any atom is -0.324 e. The highest BCUT2D eigenvalue weighted by atomic mass is 16.2. The molecule has 0 heterocycles. The van der Waals surface area contributed by atoms with E-state index in [0.717, 1.165) is 11.1 Å². The van der Waals surface area contributed by atoms with Crippen LogP contribution in [0.5, 0.6) is 0 Å². The molecule has 0 atom stereocenters. The largest absolute Gasteiger partial charge is 0.324 e. The Morgan fingerprint density at radius 2 is 1.72 bits per heavy atom. The number of rotatable bonds is 3. The van der Waals surface area contributed by atoms with Crippen molar-refractivity contribution in [1.29, 1.82) is 0 Å². The molecule has 2 rings (SSSR count). The molecule has 0 aliphatic heterocycles. The lowest BCUT2D eigenvalue weighted by atomic mass is 10.0. The maximum atomic E-state index is 12.0. The highest BCUT2D eigenvalue weighted by Crippen LogP contribution is 2.19. The van der Waals surface area contributed by atoms with Gasteiger partial charge in [-0.1, -0.05) is 30.3 Å². The summed E-state index contributed by atoms with van der Waals surface area (Å²) in [6, 6.07) is 14.0. The van der Waals surface area contributed by atoms with Crippen LogP contribution < -0.4 is 10.6 Å². The summed E-state index contributed by atoms with van der Waals surface area (Å²) in [6.07, 6.45) is 0. The molecule has 0 saturated heterocycles. The molecule has 0 aliphatic rings. The summed E-state index contributed by atoms with van der Waals surface area (Å²) in [5, 5.41) is 8.20. The van der Waals surface area contributed by atoms with Crippen molar-refractivity contribution in [2.24, 2.45) is 0 Å². The normalized spacial score (nSPS) is 11.5. The summed E-state index contributed by atoms with van der Waals surface area (Å²) in [5.74, 6) is -0.0414. The molecule has 0 unspecified atom stereocenters. The molecule has 0 spiro atoms. The molecule has 0 aliphatic carbocycles. The van der Waals surface area contributed by atoms with Crippen LogP contribution in [0.3, 0.4) is 0 Å². The van der Waals surface area contributed by atoms with Crippen LogP contribution in [0.25, 0.3) is 10.8 Å². The monoisotopic (exact) mass is 242 g/mol. The van der Waals surface area contributed by atoms with E-state index in [2.05, 4.69) is 16.7 Å². The van der Waals surface area contributed by atoms with Gasteiger partial charge in [-0.15, -0.1) is 0 Å². The van der Waals surface area contributed by atoms with Crippen molar-refractivity contribution in [3.05, 3.63) is 42.5 Å². The van der Waals surface area contributed by atoms with E-state index in [1.54, 1.807) is 7.05 Å². The molecule has 0 bridgehead atoms. The van der Waals surface area contributed by atoms with Crippen molar-refractivity contribution >= 4 is 22.4 Å². The zero-order valence-electron chi connectivity index (χ0n) is 10.9. The van der Waals surface area contributed by atoms with Gasteiger partial charge in [-0.05, 0) is 43.8 Å². The van der Waals surface area contributed by atoms with Crippen LogP contribution in [0, 0.1) is 0 Å². The maximum Gasteiger partial charge on any atom is 0.244 e. The Morgan fingerprint density at radius 1 is 1.06 bits per heavy atom. The molecule has 0 saturated carbocycles. The number of amides is 1. The van der Waals surface area contributed by atoms with E-state index in [9.17, 15) is 4.79 Å². The van der Waals surface area contributed by atoms with Gasteiger partial charge < -0.3 is 10.6 Å². The molecule has 3 nitrogen and oxygen atoms in total. The summed E-state index contributed by atoms with van der Waals surface area (Å²) in [7, 11) is 1.78. The molecule has 2 aromatic rings. The molecule has 2 N–H and O–H groups in total. The molecule has 3 heteroatoms.